The second-order valence-corrected chi connectivity index (χ2v) is 9.67. The van der Waals surface area contributed by atoms with Crippen molar-refractivity contribution in [1.29, 1.82) is 0 Å². The van der Waals surface area contributed by atoms with Crippen molar-refractivity contribution >= 4 is 29.2 Å². The predicted molar refractivity (Wildman–Crippen MR) is 98.4 cm³/mol. The minimum absolute atomic E-state index is 0.0213. The highest BCUT2D eigenvalue weighted by atomic mass is 35.5. The minimum Gasteiger partial charge on any atom is -0.392 e. The predicted octanol–water partition coefficient (Wildman–Crippen LogP) is 2.60. The van der Waals surface area contributed by atoms with Gasteiger partial charge in [0.2, 0.25) is 11.8 Å². The quantitative estimate of drug-likeness (QED) is 0.447. The van der Waals surface area contributed by atoms with Crippen molar-refractivity contribution in [3.63, 3.8) is 0 Å². The number of rotatable bonds is 3. The Bertz CT molecular complexity index is 673. The molecule has 5 nitrogen and oxygen atoms in total. The zero-order chi connectivity index (χ0) is 19.4. The van der Waals surface area contributed by atoms with E-state index >= 15 is 0 Å². The number of Topliss-reactive ketones (excluding diaryl/α,β-unsaturated/α-hetero) is 1. The molecule has 2 N–H and O–H groups in total. The fourth-order valence-corrected chi connectivity index (χ4v) is 6.02. The van der Waals surface area contributed by atoms with E-state index in [1.807, 2.05) is 0 Å². The van der Waals surface area contributed by atoms with E-state index in [1.165, 1.54) is 0 Å². The Kier molecular flexibility index (Phi) is 4.85. The van der Waals surface area contributed by atoms with Gasteiger partial charge in [0, 0.05) is 24.1 Å². The molecule has 6 heteroatoms. The van der Waals surface area contributed by atoms with E-state index < -0.39 is 17.9 Å². The Morgan fingerprint density at radius 3 is 2.54 bits per heavy atom. The summed E-state index contributed by atoms with van der Waals surface area (Å²) in [5, 5.41) is 12.9. The van der Waals surface area contributed by atoms with Gasteiger partial charge < -0.3 is 5.11 Å². The maximum atomic E-state index is 12.9. The molecule has 2 unspecified atom stereocenters. The molecule has 0 radical (unpaired) electrons. The third-order valence-electron chi connectivity index (χ3n) is 7.11. The van der Waals surface area contributed by atoms with Crippen LogP contribution in [0.1, 0.15) is 52.9 Å². The molecule has 144 valence electrons. The van der Waals surface area contributed by atoms with Crippen molar-refractivity contribution in [1.82, 2.24) is 5.32 Å². The Morgan fingerprint density at radius 2 is 1.96 bits per heavy atom. The third kappa shape index (κ3) is 2.93. The average Bonchev–Trinajstić information content (AvgIpc) is 2.86. The Balaban J connectivity index is 1.89. The third-order valence-corrected chi connectivity index (χ3v) is 7.89. The molecule has 0 aromatic carbocycles. The highest BCUT2D eigenvalue weighted by Crippen LogP contribution is 2.61. The van der Waals surface area contributed by atoms with E-state index in [0.29, 0.717) is 12.8 Å². The number of imide groups is 1. The second kappa shape index (κ2) is 6.45. The number of carbonyl (C=O) groups is 3. The summed E-state index contributed by atoms with van der Waals surface area (Å²) in [7, 11) is 0. The summed E-state index contributed by atoms with van der Waals surface area (Å²) in [6.07, 6.45) is 1.32. The zero-order valence-electron chi connectivity index (χ0n) is 15.7. The van der Waals surface area contributed by atoms with Crippen LogP contribution in [0, 0.1) is 28.6 Å². The van der Waals surface area contributed by atoms with Crippen LogP contribution in [0.2, 0.25) is 0 Å². The minimum atomic E-state index is -0.925. The van der Waals surface area contributed by atoms with E-state index in [4.69, 9.17) is 11.6 Å². The number of ketones is 1. The van der Waals surface area contributed by atoms with Gasteiger partial charge in [-0.3, -0.25) is 19.7 Å². The molecule has 26 heavy (non-hydrogen) atoms. The lowest BCUT2D eigenvalue weighted by atomic mass is 9.46. The van der Waals surface area contributed by atoms with Gasteiger partial charge in [0.1, 0.15) is 5.78 Å². The van der Waals surface area contributed by atoms with Gasteiger partial charge in [0.25, 0.3) is 0 Å². The number of hydrogen-bond donors (Lipinski definition) is 2. The molecule has 2 saturated carbocycles. The number of carbonyl (C=O) groups excluding carboxylic acids is 3. The topological polar surface area (TPSA) is 83.5 Å². The van der Waals surface area contributed by atoms with Gasteiger partial charge in [-0.15, -0.1) is 11.6 Å². The fraction of sp³-hybridized carbons (Fsp3) is 0.750. The number of alkyl halides is 1. The highest BCUT2D eigenvalue weighted by Gasteiger charge is 2.59. The molecule has 0 bridgehead atoms. The number of hydrogen-bond acceptors (Lipinski definition) is 4. The first-order valence-electron chi connectivity index (χ1n) is 9.34. The van der Waals surface area contributed by atoms with Gasteiger partial charge in [-0.1, -0.05) is 32.9 Å². The van der Waals surface area contributed by atoms with E-state index in [2.05, 4.69) is 32.7 Å². The molecule has 2 aliphatic carbocycles. The molecule has 0 spiro atoms. The molecular weight excluding hydrogens is 354 g/mol. The number of halogens is 1. The lowest BCUT2D eigenvalue weighted by Crippen LogP contribution is -2.57. The van der Waals surface area contributed by atoms with Gasteiger partial charge in [-0.2, -0.15) is 0 Å². The van der Waals surface area contributed by atoms with E-state index in [9.17, 15) is 19.5 Å². The van der Waals surface area contributed by atoms with Gasteiger partial charge in [-0.25, -0.2) is 0 Å². The van der Waals surface area contributed by atoms with Crippen molar-refractivity contribution in [2.75, 3.05) is 0 Å². The van der Waals surface area contributed by atoms with Crippen LogP contribution in [0.25, 0.3) is 0 Å². The molecule has 1 heterocycles. The zero-order valence-corrected chi connectivity index (χ0v) is 16.4. The molecule has 3 rings (SSSR count). The second-order valence-electron chi connectivity index (χ2n) is 9.15. The molecular formula is C20H28ClNO4. The number of fused-ring (bicyclic) bond motifs is 1. The van der Waals surface area contributed by atoms with Gasteiger partial charge in [0.05, 0.1) is 12.0 Å². The van der Waals surface area contributed by atoms with Crippen molar-refractivity contribution in [3.8, 4) is 0 Å². The lowest BCUT2D eigenvalue weighted by molar-refractivity contribution is -0.145. The first kappa shape index (κ1) is 19.6. The summed E-state index contributed by atoms with van der Waals surface area (Å²) in [6, 6.07) is 0. The summed E-state index contributed by atoms with van der Waals surface area (Å²) in [5.74, 6) is -1.57. The van der Waals surface area contributed by atoms with Gasteiger partial charge in [-0.05, 0) is 36.0 Å². The normalized spacial score (nSPS) is 41.0. The van der Waals surface area contributed by atoms with Crippen LogP contribution in [0.5, 0.6) is 0 Å². The first-order chi connectivity index (χ1) is 12.0. The Labute approximate surface area is 159 Å². The molecule has 3 fully saturated rings. The first-order valence-corrected chi connectivity index (χ1v) is 9.78. The maximum Gasteiger partial charge on any atom is 0.232 e. The van der Waals surface area contributed by atoms with E-state index in [-0.39, 0.29) is 46.2 Å². The lowest BCUT2D eigenvalue weighted by Gasteiger charge is -2.58. The summed E-state index contributed by atoms with van der Waals surface area (Å²) < 4.78 is 0. The molecule has 2 amide bonds. The van der Waals surface area contributed by atoms with E-state index in [1.54, 1.807) is 0 Å². The van der Waals surface area contributed by atoms with Crippen molar-refractivity contribution in [3.05, 3.63) is 12.2 Å². The SMILES string of the molecule is C=C1CC(=O)C2C(C)(C)[C@@H](Cl)CC[C@]2(C)[C@H]1C[C@H](O)C1CC(=O)NC1=O. The molecule has 0 aromatic rings. The molecule has 6 atom stereocenters. The molecule has 3 aliphatic rings. The Hall–Kier alpha value is -1.20. The van der Waals surface area contributed by atoms with Crippen molar-refractivity contribution < 1.29 is 19.5 Å². The molecule has 1 saturated heterocycles. The van der Waals surface area contributed by atoms with Gasteiger partial charge >= 0.3 is 0 Å². The van der Waals surface area contributed by atoms with Crippen molar-refractivity contribution in [2.45, 2.75) is 64.4 Å². The number of nitrogens with one attached hydrogen (secondary N) is 1. The van der Waals surface area contributed by atoms with Crippen LogP contribution < -0.4 is 5.32 Å². The van der Waals surface area contributed by atoms with Crippen LogP contribution in [-0.4, -0.2) is 34.2 Å². The van der Waals surface area contributed by atoms with Crippen LogP contribution >= 0.6 is 11.6 Å². The number of allylic oxidation sites excluding steroid dienone is 1. The summed E-state index contributed by atoms with van der Waals surface area (Å²) >= 11 is 6.57. The van der Waals surface area contributed by atoms with Crippen LogP contribution in [0.15, 0.2) is 12.2 Å². The monoisotopic (exact) mass is 381 g/mol. The van der Waals surface area contributed by atoms with Crippen LogP contribution in [0.4, 0.5) is 0 Å². The van der Waals surface area contributed by atoms with Crippen LogP contribution in [-0.2, 0) is 14.4 Å². The number of amides is 2. The molecule has 0 aromatic heterocycles. The number of aliphatic hydroxyl groups is 1. The highest BCUT2D eigenvalue weighted by molar-refractivity contribution is 6.21. The summed E-state index contributed by atoms with van der Waals surface area (Å²) in [5.41, 5.74) is 0.138. The Morgan fingerprint density at radius 1 is 1.31 bits per heavy atom. The standard InChI is InChI=1S/C20H28ClNO4/c1-10-7-14(24)17-19(2,3)15(21)5-6-20(17,4)12(10)9-13(23)11-8-16(25)22-18(11)26/h11-13,15,17,23H,1,5-9H2,2-4H3,(H,22,25,26)/t11?,12-,13-,15-,17?,20+/m0/s1. The summed E-state index contributed by atoms with van der Waals surface area (Å²) in [4.78, 5) is 36.3. The van der Waals surface area contributed by atoms with Crippen LogP contribution in [0.3, 0.4) is 0 Å². The molecule has 1 aliphatic heterocycles. The average molecular weight is 382 g/mol. The largest absolute Gasteiger partial charge is 0.392 e. The van der Waals surface area contributed by atoms with Crippen molar-refractivity contribution in [2.24, 2.45) is 28.6 Å². The summed E-state index contributed by atoms with van der Waals surface area (Å²) in [6.45, 7) is 10.3. The van der Waals surface area contributed by atoms with E-state index in [0.717, 1.165) is 18.4 Å². The number of aliphatic hydroxyl groups excluding tert-OH is 1. The fourth-order valence-electron chi connectivity index (χ4n) is 5.78. The maximum absolute atomic E-state index is 12.9. The smallest absolute Gasteiger partial charge is 0.232 e. The van der Waals surface area contributed by atoms with Gasteiger partial charge in [0.15, 0.2) is 0 Å².